The van der Waals surface area contributed by atoms with Crippen LogP contribution in [0.4, 0.5) is 0 Å². The predicted molar refractivity (Wildman–Crippen MR) is 89.8 cm³/mol. The van der Waals surface area contributed by atoms with Gasteiger partial charge in [0.1, 0.15) is 5.75 Å². The Bertz CT molecular complexity index is 687. The molecular weight excluding hydrogens is 304 g/mol. The van der Waals surface area contributed by atoms with Gasteiger partial charge in [-0.3, -0.25) is 4.79 Å². The molecule has 3 rings (SSSR count). The number of benzene rings is 2. The van der Waals surface area contributed by atoms with E-state index >= 15 is 0 Å². The molecular formula is C20H20O4. The molecule has 0 heterocycles. The maximum absolute atomic E-state index is 12.0. The Balaban J connectivity index is 1.42. The summed E-state index contributed by atoms with van der Waals surface area (Å²) in [7, 11) is 0. The van der Waals surface area contributed by atoms with Crippen LogP contribution in [0.3, 0.4) is 0 Å². The summed E-state index contributed by atoms with van der Waals surface area (Å²) in [5.74, 6) is -0.0267. The Morgan fingerprint density at radius 1 is 0.958 bits per heavy atom. The zero-order valence-corrected chi connectivity index (χ0v) is 13.4. The third-order valence-electron chi connectivity index (χ3n) is 3.90. The number of hydrogen-bond donors (Lipinski definition) is 0. The molecule has 0 atom stereocenters. The van der Waals surface area contributed by atoms with Crippen LogP contribution in [0.1, 0.15) is 35.2 Å². The Kier molecular flexibility index (Phi) is 5.26. The molecule has 1 saturated carbocycles. The van der Waals surface area contributed by atoms with E-state index in [-0.39, 0.29) is 17.9 Å². The van der Waals surface area contributed by atoms with Crippen molar-refractivity contribution in [3.63, 3.8) is 0 Å². The van der Waals surface area contributed by atoms with Gasteiger partial charge in [-0.05, 0) is 55.5 Å². The normalized spacial score (nSPS) is 13.3. The SMILES string of the molecule is O=C(OCCCc1ccccc1)c1ccc(OC(=O)C2CC2)cc1. The summed E-state index contributed by atoms with van der Waals surface area (Å²) in [6.07, 6.45) is 3.48. The lowest BCUT2D eigenvalue weighted by atomic mass is 10.1. The van der Waals surface area contributed by atoms with Gasteiger partial charge in [0.15, 0.2) is 0 Å². The van der Waals surface area contributed by atoms with Crippen molar-refractivity contribution in [3.05, 3.63) is 65.7 Å². The van der Waals surface area contributed by atoms with Gasteiger partial charge in [-0.1, -0.05) is 30.3 Å². The molecule has 0 spiro atoms. The fourth-order valence-electron chi connectivity index (χ4n) is 2.35. The number of rotatable bonds is 7. The van der Waals surface area contributed by atoms with Crippen LogP contribution in [0, 0.1) is 5.92 Å². The van der Waals surface area contributed by atoms with Crippen LogP contribution in [0.5, 0.6) is 5.75 Å². The topological polar surface area (TPSA) is 52.6 Å². The molecule has 0 saturated heterocycles. The van der Waals surface area contributed by atoms with Gasteiger partial charge in [0.25, 0.3) is 0 Å². The van der Waals surface area contributed by atoms with E-state index in [4.69, 9.17) is 9.47 Å². The molecule has 0 radical (unpaired) electrons. The van der Waals surface area contributed by atoms with Crippen LogP contribution in [0.2, 0.25) is 0 Å². The molecule has 2 aromatic rings. The number of hydrogen-bond acceptors (Lipinski definition) is 4. The first kappa shape index (κ1) is 16.2. The van der Waals surface area contributed by atoms with Crippen molar-refractivity contribution in [2.75, 3.05) is 6.61 Å². The minimum atomic E-state index is -0.358. The summed E-state index contributed by atoms with van der Waals surface area (Å²) < 4.78 is 10.5. The highest BCUT2D eigenvalue weighted by Gasteiger charge is 2.31. The molecule has 0 unspecified atom stereocenters. The second-order valence-corrected chi connectivity index (χ2v) is 5.94. The fraction of sp³-hybridized carbons (Fsp3) is 0.300. The monoisotopic (exact) mass is 324 g/mol. The minimum absolute atomic E-state index is 0.0549. The summed E-state index contributed by atoms with van der Waals surface area (Å²) in [6.45, 7) is 0.381. The smallest absolute Gasteiger partial charge is 0.338 e. The second-order valence-electron chi connectivity index (χ2n) is 5.94. The largest absolute Gasteiger partial charge is 0.462 e. The molecule has 0 aromatic heterocycles. The number of esters is 2. The minimum Gasteiger partial charge on any atom is -0.462 e. The van der Waals surface area contributed by atoms with Gasteiger partial charge in [-0.2, -0.15) is 0 Å². The summed E-state index contributed by atoms with van der Waals surface area (Å²) in [6, 6.07) is 16.6. The van der Waals surface area contributed by atoms with Crippen molar-refractivity contribution in [1.29, 1.82) is 0 Å². The standard InChI is InChI=1S/C20H20O4/c21-19(23-14-4-7-15-5-2-1-3-6-15)16-10-12-18(13-11-16)24-20(22)17-8-9-17/h1-3,5-6,10-13,17H,4,7-9,14H2. The summed E-state index contributed by atoms with van der Waals surface area (Å²) in [4.78, 5) is 23.5. The number of ether oxygens (including phenoxy) is 2. The van der Waals surface area contributed by atoms with Crippen LogP contribution in [0.15, 0.2) is 54.6 Å². The first-order valence-electron chi connectivity index (χ1n) is 8.25. The van der Waals surface area contributed by atoms with Crippen LogP contribution >= 0.6 is 0 Å². The summed E-state index contributed by atoms with van der Waals surface area (Å²) >= 11 is 0. The van der Waals surface area contributed by atoms with Crippen molar-refractivity contribution in [3.8, 4) is 5.75 Å². The molecule has 2 aromatic carbocycles. The van der Waals surface area contributed by atoms with E-state index in [1.165, 1.54) is 5.56 Å². The van der Waals surface area contributed by atoms with E-state index in [1.54, 1.807) is 24.3 Å². The fourth-order valence-corrected chi connectivity index (χ4v) is 2.35. The lowest BCUT2D eigenvalue weighted by Gasteiger charge is -2.06. The molecule has 0 bridgehead atoms. The molecule has 1 aliphatic rings. The highest BCUT2D eigenvalue weighted by Crippen LogP contribution is 2.30. The van der Waals surface area contributed by atoms with Crippen LogP contribution < -0.4 is 4.74 Å². The van der Waals surface area contributed by atoms with E-state index in [0.29, 0.717) is 17.9 Å². The van der Waals surface area contributed by atoms with Crippen molar-refractivity contribution >= 4 is 11.9 Å². The molecule has 0 N–H and O–H groups in total. The third-order valence-corrected chi connectivity index (χ3v) is 3.90. The lowest BCUT2D eigenvalue weighted by molar-refractivity contribution is -0.135. The maximum atomic E-state index is 12.0. The molecule has 124 valence electrons. The first-order valence-corrected chi connectivity index (χ1v) is 8.25. The first-order chi connectivity index (χ1) is 11.7. The van der Waals surface area contributed by atoms with Gasteiger partial charge in [-0.25, -0.2) is 4.79 Å². The second kappa shape index (κ2) is 7.77. The Morgan fingerprint density at radius 2 is 1.67 bits per heavy atom. The zero-order chi connectivity index (χ0) is 16.8. The van der Waals surface area contributed by atoms with Gasteiger partial charge in [-0.15, -0.1) is 0 Å². The summed E-state index contributed by atoms with van der Waals surface area (Å²) in [5.41, 5.74) is 1.69. The molecule has 24 heavy (non-hydrogen) atoms. The Hall–Kier alpha value is -2.62. The van der Waals surface area contributed by atoms with Gasteiger partial charge >= 0.3 is 11.9 Å². The predicted octanol–water partition coefficient (Wildman–Crippen LogP) is 3.79. The Labute approximate surface area is 141 Å². The van der Waals surface area contributed by atoms with E-state index in [9.17, 15) is 9.59 Å². The van der Waals surface area contributed by atoms with Crippen molar-refractivity contribution in [1.82, 2.24) is 0 Å². The highest BCUT2D eigenvalue weighted by molar-refractivity contribution is 5.89. The molecule has 1 fully saturated rings. The lowest BCUT2D eigenvalue weighted by Crippen LogP contribution is -2.10. The third kappa shape index (κ3) is 4.69. The molecule has 0 aliphatic heterocycles. The van der Waals surface area contributed by atoms with Crippen LogP contribution in [-0.4, -0.2) is 18.5 Å². The summed E-state index contributed by atoms with van der Waals surface area (Å²) in [5, 5.41) is 0. The van der Waals surface area contributed by atoms with Gasteiger partial charge < -0.3 is 9.47 Å². The number of aryl methyl sites for hydroxylation is 1. The van der Waals surface area contributed by atoms with E-state index < -0.39 is 0 Å². The molecule has 4 heteroatoms. The molecule has 4 nitrogen and oxygen atoms in total. The zero-order valence-electron chi connectivity index (χ0n) is 13.4. The number of carbonyl (C=O) groups is 2. The van der Waals surface area contributed by atoms with Gasteiger partial charge in [0, 0.05) is 0 Å². The van der Waals surface area contributed by atoms with Crippen molar-refractivity contribution < 1.29 is 19.1 Å². The quantitative estimate of drug-likeness (QED) is 0.442. The van der Waals surface area contributed by atoms with Crippen LogP contribution in [0.25, 0.3) is 0 Å². The van der Waals surface area contributed by atoms with E-state index in [2.05, 4.69) is 12.1 Å². The van der Waals surface area contributed by atoms with E-state index in [0.717, 1.165) is 25.7 Å². The molecule has 1 aliphatic carbocycles. The number of carbonyl (C=O) groups excluding carboxylic acids is 2. The van der Waals surface area contributed by atoms with Crippen LogP contribution in [-0.2, 0) is 16.0 Å². The van der Waals surface area contributed by atoms with E-state index in [1.807, 2.05) is 18.2 Å². The van der Waals surface area contributed by atoms with Gasteiger partial charge in [0.2, 0.25) is 0 Å². The van der Waals surface area contributed by atoms with Crippen molar-refractivity contribution in [2.45, 2.75) is 25.7 Å². The maximum Gasteiger partial charge on any atom is 0.338 e. The average molecular weight is 324 g/mol. The van der Waals surface area contributed by atoms with Gasteiger partial charge in [0.05, 0.1) is 18.1 Å². The van der Waals surface area contributed by atoms with Crippen molar-refractivity contribution in [2.24, 2.45) is 5.92 Å². The molecule has 0 amide bonds. The average Bonchev–Trinajstić information content (AvgIpc) is 3.45. The Morgan fingerprint density at radius 3 is 2.33 bits per heavy atom. The highest BCUT2D eigenvalue weighted by atomic mass is 16.5.